The van der Waals surface area contributed by atoms with Gasteiger partial charge < -0.3 is 0 Å². The number of benzene rings is 2. The first-order valence-corrected chi connectivity index (χ1v) is 17.4. The zero-order valence-electron chi connectivity index (χ0n) is 30.4. The van der Waals surface area contributed by atoms with Crippen LogP contribution >= 0.6 is 0 Å². The Morgan fingerprint density at radius 1 is 0.690 bits per heavy atom. The van der Waals surface area contributed by atoms with Crippen molar-refractivity contribution in [3.63, 3.8) is 0 Å². The Bertz CT molecular complexity index is 1010. The van der Waals surface area contributed by atoms with Gasteiger partial charge in [0.15, 0.2) is 0 Å². The summed E-state index contributed by atoms with van der Waals surface area (Å²) < 4.78 is 0. The summed E-state index contributed by atoms with van der Waals surface area (Å²) in [5, 5.41) is 0. The molecule has 0 heterocycles. The highest BCUT2D eigenvalue weighted by molar-refractivity contribution is 5.28. The molecule has 0 radical (unpaired) electrons. The average molecular weight is 575 g/mol. The van der Waals surface area contributed by atoms with Gasteiger partial charge in [0, 0.05) is 0 Å². The van der Waals surface area contributed by atoms with Crippen LogP contribution in [0.5, 0.6) is 0 Å². The number of allylic oxidation sites excluding steroid dienone is 2. The van der Waals surface area contributed by atoms with Gasteiger partial charge in [0.25, 0.3) is 0 Å². The van der Waals surface area contributed by atoms with Gasteiger partial charge in [-0.3, -0.25) is 0 Å². The first-order valence-electron chi connectivity index (χ1n) is 17.4. The van der Waals surface area contributed by atoms with E-state index in [1.165, 1.54) is 80.0 Å². The third kappa shape index (κ3) is 15.1. The van der Waals surface area contributed by atoms with Crippen molar-refractivity contribution in [2.24, 2.45) is 16.2 Å². The van der Waals surface area contributed by atoms with E-state index in [0.717, 1.165) is 6.42 Å². The van der Waals surface area contributed by atoms with Crippen LogP contribution in [0.4, 0.5) is 0 Å². The van der Waals surface area contributed by atoms with E-state index in [1.54, 1.807) is 5.57 Å². The lowest BCUT2D eigenvalue weighted by Crippen LogP contribution is -2.15. The van der Waals surface area contributed by atoms with Gasteiger partial charge in [-0.15, -0.1) is 0 Å². The molecule has 0 aliphatic carbocycles. The summed E-state index contributed by atoms with van der Waals surface area (Å²) in [5.74, 6) is 1.26. The highest BCUT2D eigenvalue weighted by Gasteiger charge is 2.24. The second kappa shape index (κ2) is 18.1. The maximum Gasteiger partial charge on any atom is -0.0151 e. The van der Waals surface area contributed by atoms with Crippen LogP contribution in [-0.2, 0) is 6.42 Å². The quantitative estimate of drug-likeness (QED) is 0.186. The minimum Gasteiger partial charge on any atom is -0.0853 e. The van der Waals surface area contributed by atoms with Crippen molar-refractivity contribution >= 4 is 0 Å². The molecule has 0 spiro atoms. The molecule has 0 aromatic heterocycles. The molecule has 0 N–H and O–H groups in total. The van der Waals surface area contributed by atoms with Crippen LogP contribution in [-0.4, -0.2) is 0 Å². The summed E-state index contributed by atoms with van der Waals surface area (Å²) in [6.45, 7) is 30.2. The molecular weight excluding hydrogens is 504 g/mol. The van der Waals surface area contributed by atoms with Crippen molar-refractivity contribution in [3.05, 3.63) is 82.4 Å². The Labute approximate surface area is 264 Å². The average Bonchev–Trinajstić information content (AvgIpc) is 2.95. The summed E-state index contributed by atoms with van der Waals surface area (Å²) in [7, 11) is 0. The first kappa shape index (κ1) is 38.2. The van der Waals surface area contributed by atoms with Crippen LogP contribution in [0.25, 0.3) is 0 Å². The molecule has 2 unspecified atom stereocenters. The molecular formula is C42H70. The summed E-state index contributed by atoms with van der Waals surface area (Å²) >= 11 is 0. The molecule has 2 rings (SSSR count). The Morgan fingerprint density at radius 2 is 1.21 bits per heavy atom. The maximum absolute atomic E-state index is 2.51. The Kier molecular flexibility index (Phi) is 16.5. The van der Waals surface area contributed by atoms with E-state index < -0.39 is 0 Å². The van der Waals surface area contributed by atoms with E-state index in [9.17, 15) is 0 Å². The minimum atomic E-state index is 0.347. The molecule has 42 heavy (non-hydrogen) atoms. The molecule has 0 fully saturated rings. The highest BCUT2D eigenvalue weighted by atomic mass is 14.3. The third-order valence-electron chi connectivity index (χ3n) is 9.66. The highest BCUT2D eigenvalue weighted by Crippen LogP contribution is 2.39. The largest absolute Gasteiger partial charge is 0.0853 e. The van der Waals surface area contributed by atoms with Crippen molar-refractivity contribution in [1.82, 2.24) is 0 Å². The molecule has 2 aromatic rings. The number of hydrogen-bond donors (Lipinski definition) is 0. The van der Waals surface area contributed by atoms with Crippen molar-refractivity contribution in [2.75, 3.05) is 0 Å². The summed E-state index contributed by atoms with van der Waals surface area (Å²) in [6.07, 6.45) is 14.9. The van der Waals surface area contributed by atoms with Crippen molar-refractivity contribution in [1.29, 1.82) is 0 Å². The second-order valence-electron chi connectivity index (χ2n) is 15.8. The van der Waals surface area contributed by atoms with Gasteiger partial charge in [0.2, 0.25) is 0 Å². The van der Waals surface area contributed by atoms with Crippen LogP contribution in [0.2, 0.25) is 0 Å². The summed E-state index contributed by atoms with van der Waals surface area (Å²) in [5.41, 5.74) is 8.78. The molecule has 0 saturated carbocycles. The Morgan fingerprint density at radius 3 is 1.67 bits per heavy atom. The zero-order valence-corrected chi connectivity index (χ0v) is 30.4. The standard InChI is InChI=1S/C25H36.C17H34/c1-7-20-11-15-23(16-12-20)24(18-25(4,5)6)17-21(8-2)22-13-9-19(3)10-14-22;1-8-15(14-17(6,7)10-3)12-11-13-16(4,5)9-2/h9-16,21,24H,7-8,17-18H2,1-6H3;12H,8-11,13-14H2,1-7H3/b;15-12+. The number of hydrogen-bond acceptors (Lipinski definition) is 0. The van der Waals surface area contributed by atoms with Gasteiger partial charge in [0.1, 0.15) is 0 Å². The lowest BCUT2D eigenvalue weighted by Gasteiger charge is -2.30. The molecule has 2 atom stereocenters. The van der Waals surface area contributed by atoms with Crippen molar-refractivity contribution < 1.29 is 0 Å². The molecule has 0 saturated heterocycles. The predicted octanol–water partition coefficient (Wildman–Crippen LogP) is 14.0. The fraction of sp³-hybridized carbons (Fsp3) is 0.667. The van der Waals surface area contributed by atoms with Gasteiger partial charge in [0.05, 0.1) is 0 Å². The monoisotopic (exact) mass is 575 g/mol. The predicted molar refractivity (Wildman–Crippen MR) is 192 cm³/mol. The summed E-state index contributed by atoms with van der Waals surface area (Å²) in [4.78, 5) is 0. The van der Waals surface area contributed by atoms with Crippen LogP contribution in [0.15, 0.2) is 60.2 Å². The Balaban J connectivity index is 0.000000456. The third-order valence-corrected chi connectivity index (χ3v) is 9.66. The van der Waals surface area contributed by atoms with E-state index in [1.807, 2.05) is 0 Å². The van der Waals surface area contributed by atoms with E-state index in [0.29, 0.717) is 28.1 Å². The topological polar surface area (TPSA) is 0 Å². The van der Waals surface area contributed by atoms with Gasteiger partial charge in [-0.2, -0.15) is 0 Å². The van der Waals surface area contributed by atoms with Gasteiger partial charge in [-0.25, -0.2) is 0 Å². The summed E-state index contributed by atoms with van der Waals surface area (Å²) in [6, 6.07) is 18.6. The first-order chi connectivity index (χ1) is 19.6. The lowest BCUT2D eigenvalue weighted by molar-refractivity contribution is 0.319. The van der Waals surface area contributed by atoms with Gasteiger partial charge in [-0.05, 0) is 103 Å². The van der Waals surface area contributed by atoms with Crippen LogP contribution in [0, 0.1) is 23.2 Å². The molecule has 0 aliphatic heterocycles. The fourth-order valence-corrected chi connectivity index (χ4v) is 5.75. The molecule has 0 nitrogen and oxygen atoms in total. The smallest absolute Gasteiger partial charge is 0.0151 e. The zero-order chi connectivity index (χ0) is 32.0. The van der Waals surface area contributed by atoms with E-state index in [2.05, 4.69) is 145 Å². The van der Waals surface area contributed by atoms with Gasteiger partial charge in [-0.1, -0.05) is 162 Å². The minimum absolute atomic E-state index is 0.347. The molecule has 0 heteroatoms. The SMILES string of the molecule is CC/C(=C\CCC(C)(C)CC)CC(C)(C)CC.CCc1ccc(C(CC(CC)c2ccc(C)cc2)CC(C)(C)C)cc1. The number of rotatable bonds is 15. The normalized spacial score (nSPS) is 14.3. The second-order valence-corrected chi connectivity index (χ2v) is 15.8. The fourth-order valence-electron chi connectivity index (χ4n) is 5.75. The van der Waals surface area contributed by atoms with E-state index >= 15 is 0 Å². The van der Waals surface area contributed by atoms with Gasteiger partial charge >= 0.3 is 0 Å². The van der Waals surface area contributed by atoms with E-state index in [4.69, 9.17) is 0 Å². The van der Waals surface area contributed by atoms with Crippen molar-refractivity contribution in [3.8, 4) is 0 Å². The molecule has 238 valence electrons. The van der Waals surface area contributed by atoms with Crippen LogP contribution in [0.3, 0.4) is 0 Å². The van der Waals surface area contributed by atoms with E-state index in [-0.39, 0.29) is 0 Å². The molecule has 0 bridgehead atoms. The van der Waals surface area contributed by atoms with Crippen LogP contribution < -0.4 is 0 Å². The maximum atomic E-state index is 2.51. The Hall–Kier alpha value is -1.82. The number of aryl methyl sites for hydroxylation is 2. The molecule has 2 aromatic carbocycles. The lowest BCUT2D eigenvalue weighted by atomic mass is 9.75. The molecule has 0 amide bonds. The molecule has 0 aliphatic rings. The van der Waals surface area contributed by atoms with Crippen LogP contribution in [0.1, 0.15) is 175 Å². The van der Waals surface area contributed by atoms with Crippen molar-refractivity contribution in [2.45, 2.75) is 166 Å².